The molecule has 4 nitrogen and oxygen atoms in total. The molecule has 1 aromatic heterocycles. The fraction of sp³-hybridized carbons (Fsp3) is 0.231. The quantitative estimate of drug-likeness (QED) is 0.896. The molecular formula is C13H13N3OS. The maximum atomic E-state index is 8.45. The lowest BCUT2D eigenvalue weighted by Crippen LogP contribution is -2.00. The topological polar surface area (TPSA) is 57.9 Å². The second kappa shape index (κ2) is 6.03. The van der Waals surface area contributed by atoms with Gasteiger partial charge in [-0.3, -0.25) is 0 Å². The molecule has 2 aromatic rings. The Morgan fingerprint density at radius 3 is 3.11 bits per heavy atom. The molecule has 18 heavy (non-hydrogen) atoms. The molecular weight excluding hydrogens is 246 g/mol. The summed E-state index contributed by atoms with van der Waals surface area (Å²) in [4.78, 5) is 4.38. The van der Waals surface area contributed by atoms with Crippen molar-refractivity contribution < 1.29 is 4.74 Å². The third kappa shape index (κ3) is 3.47. The summed E-state index contributed by atoms with van der Waals surface area (Å²) in [5.74, 6) is 0.692. The number of rotatable bonds is 5. The van der Waals surface area contributed by atoms with Gasteiger partial charge in [0.05, 0.1) is 6.54 Å². The van der Waals surface area contributed by atoms with Crippen molar-refractivity contribution in [2.24, 2.45) is 0 Å². The van der Waals surface area contributed by atoms with Crippen LogP contribution in [0, 0.1) is 18.3 Å². The fourth-order valence-electron chi connectivity index (χ4n) is 1.47. The van der Waals surface area contributed by atoms with E-state index in [0.29, 0.717) is 12.3 Å². The van der Waals surface area contributed by atoms with Crippen LogP contribution in [0.1, 0.15) is 10.7 Å². The molecule has 1 heterocycles. The second-order valence-corrected chi connectivity index (χ2v) is 4.65. The molecule has 0 atom stereocenters. The molecule has 92 valence electrons. The first-order valence-electron chi connectivity index (χ1n) is 5.52. The molecule has 0 amide bonds. The lowest BCUT2D eigenvalue weighted by Gasteiger charge is -2.06. The zero-order valence-electron chi connectivity index (χ0n) is 10.0. The zero-order valence-corrected chi connectivity index (χ0v) is 10.8. The number of anilines is 1. The Kier molecular flexibility index (Phi) is 4.15. The van der Waals surface area contributed by atoms with Gasteiger partial charge in [0.1, 0.15) is 16.8 Å². The van der Waals surface area contributed by atoms with E-state index in [1.807, 2.05) is 42.6 Å². The number of hydrogen-bond acceptors (Lipinski definition) is 5. The van der Waals surface area contributed by atoms with Gasteiger partial charge in [-0.1, -0.05) is 6.07 Å². The lowest BCUT2D eigenvalue weighted by molar-refractivity contribution is 0.368. The number of aryl methyl sites for hydroxylation is 1. The van der Waals surface area contributed by atoms with Crippen molar-refractivity contribution in [2.75, 3.05) is 11.9 Å². The molecule has 0 aliphatic carbocycles. The van der Waals surface area contributed by atoms with Crippen molar-refractivity contribution in [3.05, 3.63) is 40.3 Å². The molecule has 5 heteroatoms. The highest BCUT2D eigenvalue weighted by molar-refractivity contribution is 7.09. The predicted molar refractivity (Wildman–Crippen MR) is 71.7 cm³/mol. The van der Waals surface area contributed by atoms with Gasteiger partial charge in [0.15, 0.2) is 6.61 Å². The molecule has 0 saturated carbocycles. The first-order valence-corrected chi connectivity index (χ1v) is 6.40. The Morgan fingerprint density at radius 2 is 2.39 bits per heavy atom. The van der Waals surface area contributed by atoms with Gasteiger partial charge in [0.25, 0.3) is 0 Å². The van der Waals surface area contributed by atoms with Crippen molar-refractivity contribution in [2.45, 2.75) is 13.5 Å². The summed E-state index contributed by atoms with van der Waals surface area (Å²) in [6.07, 6.45) is 0. The van der Waals surface area contributed by atoms with E-state index in [4.69, 9.17) is 10.00 Å². The Labute approximate surface area is 110 Å². The van der Waals surface area contributed by atoms with Crippen molar-refractivity contribution >= 4 is 17.0 Å². The van der Waals surface area contributed by atoms with Crippen molar-refractivity contribution in [3.8, 4) is 11.8 Å². The molecule has 0 radical (unpaired) electrons. The van der Waals surface area contributed by atoms with Crippen LogP contribution in [0.4, 0.5) is 5.69 Å². The predicted octanol–water partition coefficient (Wildman–Crippen LogP) is 2.97. The molecule has 1 aromatic carbocycles. The molecule has 1 N–H and O–H groups in total. The summed E-state index contributed by atoms with van der Waals surface area (Å²) in [6, 6.07) is 9.50. The summed E-state index contributed by atoms with van der Waals surface area (Å²) >= 11 is 1.64. The van der Waals surface area contributed by atoms with Gasteiger partial charge in [-0.15, -0.1) is 11.3 Å². The summed E-state index contributed by atoms with van der Waals surface area (Å²) in [6.45, 7) is 2.74. The number of nitrogens with zero attached hydrogens (tertiary/aromatic N) is 2. The number of benzene rings is 1. The van der Waals surface area contributed by atoms with Gasteiger partial charge < -0.3 is 10.1 Å². The van der Waals surface area contributed by atoms with Gasteiger partial charge in [0.2, 0.25) is 0 Å². The Bertz CT molecular complexity index is 559. The molecule has 0 aliphatic heterocycles. The minimum Gasteiger partial charge on any atom is -0.479 e. The van der Waals surface area contributed by atoms with E-state index in [0.717, 1.165) is 16.4 Å². The maximum Gasteiger partial charge on any atom is 0.174 e. The molecule has 0 fully saturated rings. The normalized spacial score (nSPS) is 9.78. The van der Waals surface area contributed by atoms with Gasteiger partial charge in [-0.25, -0.2) is 4.98 Å². The Hall–Kier alpha value is -2.06. The average molecular weight is 259 g/mol. The number of hydrogen-bond donors (Lipinski definition) is 1. The summed E-state index contributed by atoms with van der Waals surface area (Å²) < 4.78 is 5.24. The maximum absolute atomic E-state index is 8.45. The van der Waals surface area contributed by atoms with Crippen LogP contribution in [0.25, 0.3) is 0 Å². The highest BCUT2D eigenvalue weighted by Gasteiger charge is 2.00. The first kappa shape index (κ1) is 12.4. The van der Waals surface area contributed by atoms with Crippen LogP contribution in [0.5, 0.6) is 5.75 Å². The minimum absolute atomic E-state index is 0.0646. The summed E-state index contributed by atoms with van der Waals surface area (Å²) in [5.41, 5.74) is 2.00. The van der Waals surface area contributed by atoms with Gasteiger partial charge in [-0.2, -0.15) is 5.26 Å². The molecule has 0 spiro atoms. The van der Waals surface area contributed by atoms with Crippen LogP contribution in [0.2, 0.25) is 0 Å². The van der Waals surface area contributed by atoms with E-state index in [1.165, 1.54) is 0 Å². The monoisotopic (exact) mass is 259 g/mol. The van der Waals surface area contributed by atoms with Crippen molar-refractivity contribution in [3.63, 3.8) is 0 Å². The second-order valence-electron chi connectivity index (χ2n) is 3.71. The number of nitriles is 1. The fourth-order valence-corrected chi connectivity index (χ4v) is 2.18. The molecule has 0 unspecified atom stereocenters. The average Bonchev–Trinajstić information content (AvgIpc) is 2.80. The smallest absolute Gasteiger partial charge is 0.174 e. The first-order chi connectivity index (χ1) is 8.78. The van der Waals surface area contributed by atoms with E-state index in [1.54, 1.807) is 11.3 Å². The highest BCUT2D eigenvalue weighted by atomic mass is 32.1. The van der Waals surface area contributed by atoms with Crippen LogP contribution in [-0.4, -0.2) is 11.6 Å². The minimum atomic E-state index is 0.0646. The molecule has 0 saturated heterocycles. The molecule has 0 aliphatic rings. The van der Waals surface area contributed by atoms with Crippen LogP contribution >= 0.6 is 11.3 Å². The number of ether oxygens (including phenoxy) is 1. The lowest BCUT2D eigenvalue weighted by atomic mass is 10.3. The van der Waals surface area contributed by atoms with Crippen molar-refractivity contribution in [1.82, 2.24) is 4.98 Å². The van der Waals surface area contributed by atoms with Crippen LogP contribution in [0.3, 0.4) is 0 Å². The van der Waals surface area contributed by atoms with Gasteiger partial charge in [-0.05, 0) is 19.1 Å². The largest absolute Gasteiger partial charge is 0.479 e. The van der Waals surface area contributed by atoms with E-state index < -0.39 is 0 Å². The van der Waals surface area contributed by atoms with E-state index in [9.17, 15) is 0 Å². The SMILES string of the molecule is Cc1csc(CNc2cccc(OCC#N)c2)n1. The highest BCUT2D eigenvalue weighted by Crippen LogP contribution is 2.18. The van der Waals surface area contributed by atoms with Crippen LogP contribution in [0.15, 0.2) is 29.6 Å². The third-order valence-corrected chi connectivity index (χ3v) is 3.21. The van der Waals surface area contributed by atoms with Gasteiger partial charge >= 0.3 is 0 Å². The number of nitrogens with one attached hydrogen (secondary N) is 1. The summed E-state index contributed by atoms with van der Waals surface area (Å²) in [7, 11) is 0. The van der Waals surface area contributed by atoms with Gasteiger partial charge in [0, 0.05) is 22.8 Å². The van der Waals surface area contributed by atoms with E-state index >= 15 is 0 Å². The summed E-state index contributed by atoms with van der Waals surface area (Å²) in [5, 5.41) is 14.8. The third-order valence-electron chi connectivity index (χ3n) is 2.25. The van der Waals surface area contributed by atoms with E-state index in [-0.39, 0.29) is 6.61 Å². The van der Waals surface area contributed by atoms with Crippen molar-refractivity contribution in [1.29, 1.82) is 5.26 Å². The Morgan fingerprint density at radius 1 is 1.50 bits per heavy atom. The number of thiazole rings is 1. The van der Waals surface area contributed by atoms with Crippen LogP contribution in [-0.2, 0) is 6.54 Å². The molecule has 2 rings (SSSR count). The van der Waals surface area contributed by atoms with Crippen LogP contribution < -0.4 is 10.1 Å². The standard InChI is InChI=1S/C13H13N3OS/c1-10-9-18-13(16-10)8-15-11-3-2-4-12(7-11)17-6-5-14/h2-4,7,9,15H,6,8H2,1H3. The zero-order chi connectivity index (χ0) is 12.8. The Balaban J connectivity index is 1.95. The van der Waals surface area contributed by atoms with E-state index in [2.05, 4.69) is 10.3 Å². The molecule has 0 bridgehead atoms. The number of aromatic nitrogens is 1.